The van der Waals surface area contributed by atoms with Gasteiger partial charge in [0.05, 0.1) is 24.4 Å². The van der Waals surface area contributed by atoms with E-state index in [1.807, 2.05) is 36.6 Å². The van der Waals surface area contributed by atoms with Gasteiger partial charge >= 0.3 is 0 Å². The Morgan fingerprint density at radius 2 is 1.92 bits per heavy atom. The number of carbonyl (C=O) groups excluding carboxylic acids is 1. The van der Waals surface area contributed by atoms with Gasteiger partial charge in [-0.25, -0.2) is 0 Å². The zero-order valence-corrected chi connectivity index (χ0v) is 15.8. The number of amides is 1. The standard InChI is InChI=1S/C19H20ClNO3S/c1-23-14-5-3-13(4-6-14)11-21-18(22)10-7-15-17(24-12-25-2)9-8-16(20)19(15)21/h3-6,8-9H,7,10-12H2,1-2H3. The van der Waals surface area contributed by atoms with Crippen LogP contribution in [0.2, 0.25) is 5.02 Å². The van der Waals surface area contributed by atoms with Crippen molar-refractivity contribution in [3.63, 3.8) is 0 Å². The van der Waals surface area contributed by atoms with Crippen LogP contribution < -0.4 is 14.4 Å². The molecule has 0 aromatic heterocycles. The normalized spacial score (nSPS) is 13.6. The largest absolute Gasteiger partial charge is 0.497 e. The number of benzene rings is 2. The second-order valence-corrected chi connectivity index (χ2v) is 6.97. The van der Waals surface area contributed by atoms with E-state index in [-0.39, 0.29) is 5.91 Å². The number of halogens is 1. The summed E-state index contributed by atoms with van der Waals surface area (Å²) in [6, 6.07) is 11.4. The summed E-state index contributed by atoms with van der Waals surface area (Å²) in [6.07, 6.45) is 3.10. The van der Waals surface area contributed by atoms with Crippen molar-refractivity contribution in [2.45, 2.75) is 19.4 Å². The average Bonchev–Trinajstić information content (AvgIpc) is 2.64. The minimum absolute atomic E-state index is 0.0761. The Balaban J connectivity index is 1.94. The van der Waals surface area contributed by atoms with Gasteiger partial charge in [0.25, 0.3) is 0 Å². The third-order valence-electron chi connectivity index (χ3n) is 4.18. The molecule has 2 aromatic rings. The van der Waals surface area contributed by atoms with E-state index in [2.05, 4.69) is 0 Å². The van der Waals surface area contributed by atoms with Crippen molar-refractivity contribution < 1.29 is 14.3 Å². The Morgan fingerprint density at radius 1 is 1.16 bits per heavy atom. The molecule has 1 heterocycles. The van der Waals surface area contributed by atoms with Crippen LogP contribution in [0, 0.1) is 0 Å². The Hall–Kier alpha value is -1.85. The summed E-state index contributed by atoms with van der Waals surface area (Å²) in [6.45, 7) is 0.474. The fourth-order valence-corrected chi connectivity index (χ4v) is 3.48. The number of methoxy groups -OCH3 is 1. The van der Waals surface area contributed by atoms with Crippen LogP contribution in [0.25, 0.3) is 0 Å². The predicted molar refractivity (Wildman–Crippen MR) is 103 cm³/mol. The second kappa shape index (κ2) is 8.02. The molecule has 0 aliphatic carbocycles. The van der Waals surface area contributed by atoms with Crippen LogP contribution in [0.1, 0.15) is 17.5 Å². The van der Waals surface area contributed by atoms with Crippen LogP contribution in [0.5, 0.6) is 11.5 Å². The van der Waals surface area contributed by atoms with E-state index in [4.69, 9.17) is 21.1 Å². The van der Waals surface area contributed by atoms with Gasteiger partial charge in [-0.2, -0.15) is 0 Å². The number of ether oxygens (including phenoxy) is 2. The van der Waals surface area contributed by atoms with Crippen LogP contribution in [-0.4, -0.2) is 25.2 Å². The second-order valence-electron chi connectivity index (χ2n) is 5.75. The molecule has 1 amide bonds. The molecule has 0 atom stereocenters. The molecule has 1 aliphatic rings. The summed E-state index contributed by atoms with van der Waals surface area (Å²) in [5.74, 6) is 2.24. The lowest BCUT2D eigenvalue weighted by Gasteiger charge is -2.31. The van der Waals surface area contributed by atoms with Crippen LogP contribution in [-0.2, 0) is 17.8 Å². The highest BCUT2D eigenvalue weighted by atomic mass is 35.5. The lowest BCUT2D eigenvalue weighted by Crippen LogP contribution is -2.35. The third-order valence-corrected chi connectivity index (χ3v) is 4.84. The van der Waals surface area contributed by atoms with Crippen LogP contribution in [0.15, 0.2) is 36.4 Å². The molecule has 0 fully saturated rings. The van der Waals surface area contributed by atoms with Crippen LogP contribution in [0.3, 0.4) is 0 Å². The van der Waals surface area contributed by atoms with E-state index in [0.717, 1.165) is 28.3 Å². The first-order chi connectivity index (χ1) is 12.1. The van der Waals surface area contributed by atoms with E-state index < -0.39 is 0 Å². The molecule has 25 heavy (non-hydrogen) atoms. The summed E-state index contributed by atoms with van der Waals surface area (Å²) in [5.41, 5.74) is 2.80. The molecule has 132 valence electrons. The average molecular weight is 378 g/mol. The summed E-state index contributed by atoms with van der Waals surface area (Å²) >= 11 is 8.06. The Morgan fingerprint density at radius 3 is 2.60 bits per heavy atom. The Kier molecular flexibility index (Phi) is 5.76. The van der Waals surface area contributed by atoms with Gasteiger partial charge < -0.3 is 14.4 Å². The maximum absolute atomic E-state index is 12.6. The third kappa shape index (κ3) is 3.88. The zero-order chi connectivity index (χ0) is 17.8. The first-order valence-electron chi connectivity index (χ1n) is 8.00. The van der Waals surface area contributed by atoms with E-state index in [1.54, 1.807) is 29.8 Å². The monoisotopic (exact) mass is 377 g/mol. The first-order valence-corrected chi connectivity index (χ1v) is 9.77. The topological polar surface area (TPSA) is 38.8 Å². The molecule has 0 saturated heterocycles. The minimum atomic E-state index is 0.0761. The SMILES string of the molecule is COc1ccc(CN2C(=O)CCc3c(OCSC)ccc(Cl)c32)cc1. The molecule has 1 aliphatic heterocycles. The number of nitrogens with zero attached hydrogens (tertiary/aromatic N) is 1. The van der Waals surface area contributed by atoms with Crippen molar-refractivity contribution in [1.82, 2.24) is 0 Å². The number of hydrogen-bond donors (Lipinski definition) is 0. The van der Waals surface area contributed by atoms with Gasteiger partial charge in [0, 0.05) is 12.0 Å². The maximum Gasteiger partial charge on any atom is 0.227 e. The molecular formula is C19H20ClNO3S. The number of thioether (sulfide) groups is 1. The van der Waals surface area contributed by atoms with Crippen molar-refractivity contribution in [3.8, 4) is 11.5 Å². The number of rotatable bonds is 6. The molecule has 0 spiro atoms. The zero-order valence-electron chi connectivity index (χ0n) is 14.3. The van der Waals surface area contributed by atoms with E-state index >= 15 is 0 Å². The highest BCUT2D eigenvalue weighted by Gasteiger charge is 2.29. The van der Waals surface area contributed by atoms with E-state index in [0.29, 0.717) is 30.3 Å². The van der Waals surface area contributed by atoms with Crippen molar-refractivity contribution in [3.05, 3.63) is 52.5 Å². The van der Waals surface area contributed by atoms with Gasteiger partial charge in [0.2, 0.25) is 5.91 Å². The lowest BCUT2D eigenvalue weighted by atomic mass is 9.99. The fourth-order valence-electron chi connectivity index (χ4n) is 2.95. The summed E-state index contributed by atoms with van der Waals surface area (Å²) < 4.78 is 11.0. The Bertz CT molecular complexity index is 764. The molecule has 6 heteroatoms. The molecule has 2 aromatic carbocycles. The van der Waals surface area contributed by atoms with Crippen molar-refractivity contribution >= 4 is 35.0 Å². The molecule has 0 N–H and O–H groups in total. The Labute approximate surface area is 157 Å². The fraction of sp³-hybridized carbons (Fsp3) is 0.316. The molecule has 0 saturated carbocycles. The van der Waals surface area contributed by atoms with E-state index in [1.165, 1.54) is 0 Å². The van der Waals surface area contributed by atoms with Crippen molar-refractivity contribution in [2.24, 2.45) is 0 Å². The summed E-state index contributed by atoms with van der Waals surface area (Å²) in [7, 11) is 1.63. The number of anilines is 1. The minimum Gasteiger partial charge on any atom is -0.497 e. The quantitative estimate of drug-likeness (QED) is 0.693. The van der Waals surface area contributed by atoms with Crippen molar-refractivity contribution in [2.75, 3.05) is 24.2 Å². The molecule has 0 bridgehead atoms. The highest BCUT2D eigenvalue weighted by Crippen LogP contribution is 2.41. The van der Waals surface area contributed by atoms with Gasteiger partial charge in [0.1, 0.15) is 17.4 Å². The molecule has 0 radical (unpaired) electrons. The first kappa shape index (κ1) is 18.0. The summed E-state index contributed by atoms with van der Waals surface area (Å²) in [5, 5.41) is 0.577. The number of fused-ring (bicyclic) bond motifs is 1. The van der Waals surface area contributed by atoms with Crippen molar-refractivity contribution in [1.29, 1.82) is 0 Å². The van der Waals surface area contributed by atoms with Gasteiger partial charge in [-0.1, -0.05) is 23.7 Å². The maximum atomic E-state index is 12.6. The van der Waals surface area contributed by atoms with Gasteiger partial charge in [-0.3, -0.25) is 4.79 Å². The van der Waals surface area contributed by atoms with Gasteiger partial charge in [-0.05, 0) is 42.5 Å². The molecule has 3 rings (SSSR count). The highest BCUT2D eigenvalue weighted by molar-refractivity contribution is 7.98. The van der Waals surface area contributed by atoms with E-state index in [9.17, 15) is 4.79 Å². The lowest BCUT2D eigenvalue weighted by molar-refractivity contribution is -0.119. The molecule has 4 nitrogen and oxygen atoms in total. The van der Waals surface area contributed by atoms with Gasteiger partial charge in [-0.15, -0.1) is 11.8 Å². The number of carbonyl (C=O) groups is 1. The van der Waals surface area contributed by atoms with Gasteiger partial charge in [0.15, 0.2) is 0 Å². The number of hydrogen-bond acceptors (Lipinski definition) is 4. The van der Waals surface area contributed by atoms with Crippen LogP contribution >= 0.6 is 23.4 Å². The molecular weight excluding hydrogens is 358 g/mol. The smallest absolute Gasteiger partial charge is 0.227 e. The van der Waals surface area contributed by atoms with Crippen LogP contribution in [0.4, 0.5) is 5.69 Å². The predicted octanol–water partition coefficient (Wildman–Crippen LogP) is 4.53. The molecule has 0 unspecified atom stereocenters. The summed E-state index contributed by atoms with van der Waals surface area (Å²) in [4.78, 5) is 14.3.